The predicted molar refractivity (Wildman–Crippen MR) is 92.3 cm³/mol. The molecule has 2 aromatic carbocycles. The van der Waals surface area contributed by atoms with E-state index in [4.69, 9.17) is 0 Å². The largest absolute Gasteiger partial charge is 0.337 e. The van der Waals surface area contributed by atoms with Crippen LogP contribution in [0, 0.1) is 0 Å². The Labute approximate surface area is 142 Å². The smallest absolute Gasteiger partial charge is 0.328 e. The summed E-state index contributed by atoms with van der Waals surface area (Å²) >= 11 is 0. The standard InChI is InChI=1S/C18H20N2O3S/c21-18(19-12-11-14-5-2-1-3-6-14)20-24(22,23)17-10-9-15-7-4-8-16(15)13-17/h1-3,5-6,9-10,13H,4,7-8,11-12H2,(H2,19,20,21). The molecule has 24 heavy (non-hydrogen) atoms. The van der Waals surface area contributed by atoms with Gasteiger partial charge in [-0.3, -0.25) is 0 Å². The van der Waals surface area contributed by atoms with Gasteiger partial charge in [-0.25, -0.2) is 17.9 Å². The number of urea groups is 1. The zero-order valence-corrected chi connectivity index (χ0v) is 14.1. The van der Waals surface area contributed by atoms with Crippen molar-refractivity contribution >= 4 is 16.1 Å². The van der Waals surface area contributed by atoms with E-state index < -0.39 is 16.1 Å². The van der Waals surface area contributed by atoms with Gasteiger partial charge in [-0.2, -0.15) is 0 Å². The maximum Gasteiger partial charge on any atom is 0.328 e. The fourth-order valence-corrected chi connectivity index (χ4v) is 3.88. The number of nitrogens with one attached hydrogen (secondary N) is 2. The van der Waals surface area contributed by atoms with Gasteiger partial charge in [-0.05, 0) is 54.5 Å². The molecule has 2 aromatic rings. The van der Waals surface area contributed by atoms with Crippen molar-refractivity contribution in [3.63, 3.8) is 0 Å². The molecule has 0 spiro atoms. The molecule has 0 heterocycles. The summed E-state index contributed by atoms with van der Waals surface area (Å²) in [5.74, 6) is 0. The van der Waals surface area contributed by atoms with E-state index in [1.165, 1.54) is 5.56 Å². The first-order valence-electron chi connectivity index (χ1n) is 8.01. The van der Waals surface area contributed by atoms with Gasteiger partial charge in [-0.1, -0.05) is 36.4 Å². The highest BCUT2D eigenvalue weighted by Gasteiger charge is 2.20. The molecule has 126 valence electrons. The summed E-state index contributed by atoms with van der Waals surface area (Å²) in [5, 5.41) is 2.58. The Hall–Kier alpha value is -2.34. The molecular weight excluding hydrogens is 324 g/mol. The predicted octanol–water partition coefficient (Wildman–Crippen LogP) is 2.41. The van der Waals surface area contributed by atoms with E-state index in [0.29, 0.717) is 13.0 Å². The van der Waals surface area contributed by atoms with Crippen LogP contribution in [0.2, 0.25) is 0 Å². The lowest BCUT2D eigenvalue weighted by Crippen LogP contribution is -2.40. The van der Waals surface area contributed by atoms with Crippen LogP contribution in [0.5, 0.6) is 0 Å². The van der Waals surface area contributed by atoms with Gasteiger partial charge in [0.05, 0.1) is 4.90 Å². The van der Waals surface area contributed by atoms with Crippen molar-refractivity contribution in [1.82, 2.24) is 10.0 Å². The first kappa shape index (κ1) is 16.5. The van der Waals surface area contributed by atoms with Crippen molar-refractivity contribution in [3.05, 3.63) is 65.2 Å². The van der Waals surface area contributed by atoms with Crippen LogP contribution in [0.3, 0.4) is 0 Å². The van der Waals surface area contributed by atoms with Gasteiger partial charge in [-0.15, -0.1) is 0 Å². The van der Waals surface area contributed by atoms with Crippen molar-refractivity contribution in [3.8, 4) is 0 Å². The molecule has 1 aliphatic carbocycles. The first-order valence-corrected chi connectivity index (χ1v) is 9.49. The van der Waals surface area contributed by atoms with Crippen LogP contribution in [-0.4, -0.2) is 21.0 Å². The zero-order valence-electron chi connectivity index (χ0n) is 13.3. The van der Waals surface area contributed by atoms with Crippen LogP contribution in [0.4, 0.5) is 4.79 Å². The fourth-order valence-electron chi connectivity index (χ4n) is 2.90. The van der Waals surface area contributed by atoms with Crippen LogP contribution in [0.15, 0.2) is 53.4 Å². The van der Waals surface area contributed by atoms with Crippen LogP contribution in [0.25, 0.3) is 0 Å². The zero-order chi connectivity index (χ0) is 17.0. The minimum absolute atomic E-state index is 0.140. The quantitative estimate of drug-likeness (QED) is 0.874. The summed E-state index contributed by atoms with van der Waals surface area (Å²) in [7, 11) is -3.84. The Morgan fingerprint density at radius 3 is 2.54 bits per heavy atom. The molecule has 2 amide bonds. The molecule has 0 atom stereocenters. The van der Waals surface area contributed by atoms with E-state index in [1.807, 2.05) is 36.4 Å². The number of carbonyl (C=O) groups excluding carboxylic acids is 1. The summed E-state index contributed by atoms with van der Waals surface area (Å²) in [5.41, 5.74) is 3.34. The van der Waals surface area contributed by atoms with Crippen molar-refractivity contribution in [2.24, 2.45) is 0 Å². The second-order valence-corrected chi connectivity index (χ2v) is 7.56. The lowest BCUT2D eigenvalue weighted by Gasteiger charge is -2.10. The second-order valence-electron chi connectivity index (χ2n) is 5.88. The van der Waals surface area contributed by atoms with E-state index in [2.05, 4.69) is 10.0 Å². The summed E-state index contributed by atoms with van der Waals surface area (Å²) < 4.78 is 26.7. The minimum atomic E-state index is -3.84. The molecule has 0 unspecified atom stereocenters. The van der Waals surface area contributed by atoms with Gasteiger partial charge < -0.3 is 5.32 Å². The maximum absolute atomic E-state index is 12.3. The molecule has 3 rings (SSSR count). The Bertz CT molecular complexity index is 833. The molecule has 0 aliphatic heterocycles. The fraction of sp³-hybridized carbons (Fsp3) is 0.278. The molecule has 0 fully saturated rings. The molecular formula is C18H20N2O3S. The normalized spacial score (nSPS) is 13.3. The number of benzene rings is 2. The summed E-state index contributed by atoms with van der Waals surface area (Å²) in [6.45, 7) is 0.371. The van der Waals surface area contributed by atoms with Gasteiger partial charge in [0.1, 0.15) is 0 Å². The third-order valence-electron chi connectivity index (χ3n) is 4.15. The number of hydrogen-bond acceptors (Lipinski definition) is 3. The van der Waals surface area contributed by atoms with Crippen molar-refractivity contribution in [2.75, 3.05) is 6.54 Å². The molecule has 0 saturated heterocycles. The lowest BCUT2D eigenvalue weighted by atomic mass is 10.1. The Morgan fingerprint density at radius 2 is 1.75 bits per heavy atom. The van der Waals surface area contributed by atoms with Crippen molar-refractivity contribution in [2.45, 2.75) is 30.6 Å². The van der Waals surface area contributed by atoms with Gasteiger partial charge >= 0.3 is 6.03 Å². The number of fused-ring (bicyclic) bond motifs is 1. The van der Waals surface area contributed by atoms with E-state index in [1.54, 1.807) is 12.1 Å². The SMILES string of the molecule is O=C(NCCc1ccccc1)NS(=O)(=O)c1ccc2c(c1)CCC2. The third kappa shape index (κ3) is 3.94. The Morgan fingerprint density at radius 1 is 1.00 bits per heavy atom. The molecule has 0 saturated carbocycles. The van der Waals surface area contributed by atoms with E-state index in [0.717, 1.165) is 30.4 Å². The van der Waals surface area contributed by atoms with Gasteiger partial charge in [0, 0.05) is 6.54 Å². The molecule has 0 bridgehead atoms. The summed E-state index contributed by atoms with van der Waals surface area (Å²) in [4.78, 5) is 12.0. The lowest BCUT2D eigenvalue weighted by molar-refractivity contribution is 0.246. The third-order valence-corrected chi connectivity index (χ3v) is 5.48. The van der Waals surface area contributed by atoms with E-state index in [9.17, 15) is 13.2 Å². The second kappa shape index (κ2) is 7.05. The molecule has 6 heteroatoms. The van der Waals surface area contributed by atoms with Crippen LogP contribution in [-0.2, 0) is 29.3 Å². The monoisotopic (exact) mass is 344 g/mol. The average Bonchev–Trinajstić information content (AvgIpc) is 3.03. The first-order chi connectivity index (χ1) is 11.5. The molecule has 2 N–H and O–H groups in total. The Balaban J connectivity index is 1.57. The number of rotatable bonds is 5. The number of amides is 2. The van der Waals surface area contributed by atoms with Crippen molar-refractivity contribution < 1.29 is 13.2 Å². The summed E-state index contributed by atoms with van der Waals surface area (Å²) in [6, 6.07) is 14.1. The summed E-state index contributed by atoms with van der Waals surface area (Å²) in [6.07, 6.45) is 3.57. The van der Waals surface area contributed by atoms with Crippen molar-refractivity contribution in [1.29, 1.82) is 0 Å². The number of hydrogen-bond donors (Lipinski definition) is 2. The van der Waals surface area contributed by atoms with Crippen LogP contribution in [0.1, 0.15) is 23.1 Å². The van der Waals surface area contributed by atoms with Gasteiger partial charge in [0.25, 0.3) is 10.0 Å². The number of sulfonamides is 1. The highest BCUT2D eigenvalue weighted by Crippen LogP contribution is 2.24. The molecule has 0 radical (unpaired) electrons. The number of aryl methyl sites for hydroxylation is 2. The van der Waals surface area contributed by atoms with E-state index >= 15 is 0 Å². The minimum Gasteiger partial charge on any atom is -0.337 e. The molecule has 0 aromatic heterocycles. The highest BCUT2D eigenvalue weighted by molar-refractivity contribution is 7.90. The van der Waals surface area contributed by atoms with Crippen LogP contribution < -0.4 is 10.0 Å². The van der Waals surface area contributed by atoms with Gasteiger partial charge in [0.2, 0.25) is 0 Å². The Kier molecular flexibility index (Phi) is 4.85. The van der Waals surface area contributed by atoms with E-state index in [-0.39, 0.29) is 4.90 Å². The molecule has 5 nitrogen and oxygen atoms in total. The maximum atomic E-state index is 12.3. The van der Waals surface area contributed by atoms with Gasteiger partial charge in [0.15, 0.2) is 0 Å². The average molecular weight is 344 g/mol. The topological polar surface area (TPSA) is 75.3 Å². The van der Waals surface area contributed by atoms with Crippen LogP contribution >= 0.6 is 0 Å². The highest BCUT2D eigenvalue weighted by atomic mass is 32.2. The molecule has 1 aliphatic rings. The number of carbonyl (C=O) groups is 1.